The van der Waals surface area contributed by atoms with Gasteiger partial charge >= 0.3 is 5.97 Å². The van der Waals surface area contributed by atoms with Crippen molar-refractivity contribution in [1.29, 1.82) is 0 Å². The van der Waals surface area contributed by atoms with Crippen LogP contribution in [-0.2, 0) is 14.3 Å². The van der Waals surface area contributed by atoms with Crippen LogP contribution in [0, 0.1) is 5.92 Å². The molecule has 0 aromatic rings. The molecule has 2 atom stereocenters. The SMILES string of the molecule is COC(=O)[C@H]1C=C[C@H](NC(C)=O)CC1. The molecule has 4 heteroatoms. The fourth-order valence-corrected chi connectivity index (χ4v) is 1.55. The highest BCUT2D eigenvalue weighted by Gasteiger charge is 2.22. The van der Waals surface area contributed by atoms with Crippen LogP contribution in [0.3, 0.4) is 0 Å². The summed E-state index contributed by atoms with van der Waals surface area (Å²) in [6.45, 7) is 1.49. The summed E-state index contributed by atoms with van der Waals surface area (Å²) >= 11 is 0. The molecule has 4 nitrogen and oxygen atoms in total. The van der Waals surface area contributed by atoms with Crippen molar-refractivity contribution < 1.29 is 14.3 Å². The normalized spacial score (nSPS) is 25.6. The highest BCUT2D eigenvalue weighted by atomic mass is 16.5. The standard InChI is InChI=1S/C10H15NO3/c1-7(12)11-9-5-3-8(4-6-9)10(13)14-2/h3,5,8-9H,4,6H2,1-2H3,(H,11,12)/t8-,9-/m0/s1. The molecule has 0 saturated heterocycles. The zero-order valence-electron chi connectivity index (χ0n) is 8.45. The Morgan fingerprint density at radius 3 is 2.50 bits per heavy atom. The van der Waals surface area contributed by atoms with E-state index in [2.05, 4.69) is 10.1 Å². The maximum atomic E-state index is 11.1. The number of carbonyl (C=O) groups excluding carboxylic acids is 2. The zero-order chi connectivity index (χ0) is 10.6. The molecule has 1 rings (SSSR count). The third-order valence-electron chi connectivity index (χ3n) is 2.26. The van der Waals surface area contributed by atoms with Gasteiger partial charge in [-0.25, -0.2) is 0 Å². The molecule has 1 amide bonds. The lowest BCUT2D eigenvalue weighted by atomic mass is 9.93. The van der Waals surface area contributed by atoms with Crippen LogP contribution in [0.25, 0.3) is 0 Å². The summed E-state index contributed by atoms with van der Waals surface area (Å²) < 4.78 is 4.63. The number of hydrogen-bond acceptors (Lipinski definition) is 3. The van der Waals surface area contributed by atoms with Crippen molar-refractivity contribution in [2.45, 2.75) is 25.8 Å². The highest BCUT2D eigenvalue weighted by molar-refractivity contribution is 5.75. The van der Waals surface area contributed by atoms with E-state index >= 15 is 0 Å². The van der Waals surface area contributed by atoms with Crippen molar-refractivity contribution in [1.82, 2.24) is 5.32 Å². The van der Waals surface area contributed by atoms with Crippen molar-refractivity contribution in [3.63, 3.8) is 0 Å². The maximum Gasteiger partial charge on any atom is 0.312 e. The van der Waals surface area contributed by atoms with E-state index in [0.717, 1.165) is 12.8 Å². The number of amides is 1. The molecule has 0 aromatic heterocycles. The van der Waals surface area contributed by atoms with Gasteiger partial charge in [-0.15, -0.1) is 0 Å². The zero-order valence-corrected chi connectivity index (χ0v) is 8.45. The Balaban J connectivity index is 2.47. The van der Waals surface area contributed by atoms with Gasteiger partial charge < -0.3 is 10.1 Å². The highest BCUT2D eigenvalue weighted by Crippen LogP contribution is 2.18. The molecule has 0 unspecified atom stereocenters. The molecule has 1 aliphatic carbocycles. The van der Waals surface area contributed by atoms with Crippen LogP contribution in [0.15, 0.2) is 12.2 Å². The average molecular weight is 197 g/mol. The van der Waals surface area contributed by atoms with Gasteiger partial charge in [0, 0.05) is 13.0 Å². The molecular weight excluding hydrogens is 182 g/mol. The lowest BCUT2D eigenvalue weighted by Gasteiger charge is -2.21. The first-order valence-electron chi connectivity index (χ1n) is 4.66. The van der Waals surface area contributed by atoms with Gasteiger partial charge in [-0.1, -0.05) is 12.2 Å². The molecular formula is C10H15NO3. The van der Waals surface area contributed by atoms with Crippen molar-refractivity contribution in [3.8, 4) is 0 Å². The second kappa shape index (κ2) is 4.79. The Labute approximate surface area is 83.3 Å². The molecule has 0 fully saturated rings. The summed E-state index contributed by atoms with van der Waals surface area (Å²) in [6, 6.07) is 0.0633. The largest absolute Gasteiger partial charge is 0.469 e. The summed E-state index contributed by atoms with van der Waals surface area (Å²) in [6.07, 6.45) is 5.17. The number of nitrogens with one attached hydrogen (secondary N) is 1. The van der Waals surface area contributed by atoms with Crippen molar-refractivity contribution in [2.24, 2.45) is 5.92 Å². The molecule has 0 bridgehead atoms. The topological polar surface area (TPSA) is 55.4 Å². The van der Waals surface area contributed by atoms with E-state index in [0.29, 0.717) is 0 Å². The number of esters is 1. The van der Waals surface area contributed by atoms with Crippen LogP contribution in [0.2, 0.25) is 0 Å². The number of carbonyl (C=O) groups is 2. The second-order valence-electron chi connectivity index (χ2n) is 3.40. The summed E-state index contributed by atoms with van der Waals surface area (Å²) in [5, 5.41) is 2.78. The molecule has 0 radical (unpaired) electrons. The van der Waals surface area contributed by atoms with Gasteiger partial charge in [0.15, 0.2) is 0 Å². The average Bonchev–Trinajstić information content (AvgIpc) is 2.17. The summed E-state index contributed by atoms with van der Waals surface area (Å²) in [5.74, 6) is -0.399. The molecule has 0 saturated carbocycles. The van der Waals surface area contributed by atoms with Crippen molar-refractivity contribution in [3.05, 3.63) is 12.2 Å². The van der Waals surface area contributed by atoms with Gasteiger partial charge in [0.1, 0.15) is 0 Å². The minimum absolute atomic E-state index is 0.0452. The Kier molecular flexibility index (Phi) is 3.68. The number of hydrogen-bond donors (Lipinski definition) is 1. The van der Waals surface area contributed by atoms with Crippen molar-refractivity contribution >= 4 is 11.9 Å². The van der Waals surface area contributed by atoms with Crippen LogP contribution in [0.1, 0.15) is 19.8 Å². The lowest BCUT2D eigenvalue weighted by molar-refractivity contribution is -0.144. The van der Waals surface area contributed by atoms with Crippen LogP contribution in [-0.4, -0.2) is 25.0 Å². The van der Waals surface area contributed by atoms with Gasteiger partial charge in [0.25, 0.3) is 0 Å². The van der Waals surface area contributed by atoms with Crippen LogP contribution in [0.4, 0.5) is 0 Å². The number of methoxy groups -OCH3 is 1. The third kappa shape index (κ3) is 2.87. The van der Waals surface area contributed by atoms with Gasteiger partial charge in [-0.2, -0.15) is 0 Å². The van der Waals surface area contributed by atoms with E-state index in [9.17, 15) is 9.59 Å². The Bertz CT molecular complexity index is 260. The lowest BCUT2D eigenvalue weighted by Crippen LogP contribution is -2.34. The fraction of sp³-hybridized carbons (Fsp3) is 0.600. The van der Waals surface area contributed by atoms with E-state index in [1.807, 2.05) is 6.08 Å². The predicted molar refractivity (Wildman–Crippen MR) is 51.5 cm³/mol. The Morgan fingerprint density at radius 1 is 1.36 bits per heavy atom. The molecule has 0 spiro atoms. The smallest absolute Gasteiger partial charge is 0.312 e. The van der Waals surface area contributed by atoms with E-state index < -0.39 is 0 Å². The molecule has 1 N–H and O–H groups in total. The maximum absolute atomic E-state index is 11.1. The number of ether oxygens (including phenoxy) is 1. The quantitative estimate of drug-likeness (QED) is 0.522. The van der Waals surface area contributed by atoms with Crippen LogP contribution >= 0.6 is 0 Å². The van der Waals surface area contributed by atoms with E-state index in [-0.39, 0.29) is 23.8 Å². The monoisotopic (exact) mass is 197 g/mol. The Hall–Kier alpha value is -1.32. The van der Waals surface area contributed by atoms with E-state index in [1.165, 1.54) is 14.0 Å². The Morgan fingerprint density at radius 2 is 2.07 bits per heavy atom. The molecule has 78 valence electrons. The number of rotatable bonds is 2. The van der Waals surface area contributed by atoms with Gasteiger partial charge in [-0.3, -0.25) is 9.59 Å². The van der Waals surface area contributed by atoms with Crippen LogP contribution in [0.5, 0.6) is 0 Å². The molecule has 14 heavy (non-hydrogen) atoms. The first-order valence-corrected chi connectivity index (χ1v) is 4.66. The molecule has 1 aliphatic rings. The van der Waals surface area contributed by atoms with E-state index in [4.69, 9.17) is 0 Å². The van der Waals surface area contributed by atoms with Gasteiger partial charge in [0.2, 0.25) is 5.91 Å². The van der Waals surface area contributed by atoms with Gasteiger partial charge in [-0.05, 0) is 12.8 Å². The second-order valence-corrected chi connectivity index (χ2v) is 3.40. The minimum atomic E-state index is -0.206. The first-order chi connectivity index (χ1) is 6.63. The van der Waals surface area contributed by atoms with Gasteiger partial charge in [0.05, 0.1) is 13.0 Å². The molecule has 0 heterocycles. The van der Waals surface area contributed by atoms with E-state index in [1.54, 1.807) is 6.08 Å². The predicted octanol–water partition coefficient (Wildman–Crippen LogP) is 0.630. The fourth-order valence-electron chi connectivity index (χ4n) is 1.55. The molecule has 0 aliphatic heterocycles. The third-order valence-corrected chi connectivity index (χ3v) is 2.26. The molecule has 0 aromatic carbocycles. The summed E-state index contributed by atoms with van der Waals surface area (Å²) in [7, 11) is 1.39. The minimum Gasteiger partial charge on any atom is -0.469 e. The van der Waals surface area contributed by atoms with Crippen molar-refractivity contribution in [2.75, 3.05) is 7.11 Å². The first kappa shape index (κ1) is 10.8. The summed E-state index contributed by atoms with van der Waals surface area (Å²) in [5.41, 5.74) is 0. The van der Waals surface area contributed by atoms with Crippen LogP contribution < -0.4 is 5.32 Å². The summed E-state index contributed by atoms with van der Waals surface area (Å²) in [4.78, 5) is 21.9.